The van der Waals surface area contributed by atoms with E-state index < -0.39 is 32.8 Å². The molecular weight excluding hydrogens is 396 g/mol. The molecule has 0 amide bonds. The Balaban J connectivity index is 0.00000243. The first kappa shape index (κ1) is 19.7. The zero-order valence-corrected chi connectivity index (χ0v) is 14.2. The summed E-state index contributed by atoms with van der Waals surface area (Å²) in [6, 6.07) is 7.18. The summed E-state index contributed by atoms with van der Waals surface area (Å²) in [4.78, 5) is 14.5. The minimum Gasteiger partial charge on any atom is -0.507 e. The number of pyridine rings is 1. The molecule has 0 radical (unpaired) electrons. The molecule has 1 aromatic heterocycles. The van der Waals surface area contributed by atoms with Gasteiger partial charge in [0.1, 0.15) is 5.75 Å². The zero-order chi connectivity index (χ0) is 18.4. The molecule has 0 fully saturated rings. The van der Waals surface area contributed by atoms with Gasteiger partial charge in [-0.2, -0.15) is 13.2 Å². The first-order valence-corrected chi connectivity index (χ1v) is 7.20. The highest BCUT2D eigenvalue weighted by atomic mass is 35.5. The van der Waals surface area contributed by atoms with Gasteiger partial charge in [0.05, 0.1) is 26.6 Å². The first-order chi connectivity index (χ1) is 11.7. The van der Waals surface area contributed by atoms with Gasteiger partial charge in [0, 0.05) is 23.2 Å². The van der Waals surface area contributed by atoms with Crippen molar-refractivity contribution < 1.29 is 23.2 Å². The Morgan fingerprint density at radius 3 is 2.42 bits per heavy atom. The number of halogens is 5. The highest BCUT2D eigenvalue weighted by molar-refractivity contribution is 6.36. The summed E-state index contributed by atoms with van der Waals surface area (Å²) >= 11 is 5.91. The third-order valence-electron chi connectivity index (χ3n) is 3.62. The number of phenolic OH excluding ortho intramolecular Hbond substituents is 1. The van der Waals surface area contributed by atoms with Crippen molar-refractivity contribution in [3.8, 4) is 16.9 Å². The van der Waals surface area contributed by atoms with Crippen molar-refractivity contribution in [2.24, 2.45) is 0 Å². The van der Waals surface area contributed by atoms with E-state index in [2.05, 4.69) is 4.98 Å². The van der Waals surface area contributed by atoms with Gasteiger partial charge in [-0.25, -0.2) is 0 Å². The lowest BCUT2D eigenvalue weighted by Gasteiger charge is -2.14. The van der Waals surface area contributed by atoms with Crippen LogP contribution >= 0.6 is 24.0 Å². The topological polar surface area (TPSA) is 76.3 Å². The standard InChI is InChI=1S/C16H8ClF3N2O3.ClH/c17-10-7-11(22(24)25)13(8-3-1-2-4-12(8)23)15-14(10)9(5-6-21-15)16(18,19)20;/h1-7,23H;1H. The van der Waals surface area contributed by atoms with E-state index in [4.69, 9.17) is 11.6 Å². The second-order valence-electron chi connectivity index (χ2n) is 5.11. The van der Waals surface area contributed by atoms with Crippen molar-refractivity contribution >= 4 is 40.6 Å². The molecule has 3 rings (SSSR count). The molecular formula is C16H9Cl2F3N2O3. The molecule has 0 aliphatic rings. The molecule has 136 valence electrons. The summed E-state index contributed by atoms with van der Waals surface area (Å²) < 4.78 is 39.9. The number of fused-ring (bicyclic) bond motifs is 1. The van der Waals surface area contributed by atoms with Gasteiger partial charge in [-0.15, -0.1) is 12.4 Å². The van der Waals surface area contributed by atoms with Gasteiger partial charge in [-0.05, 0) is 12.1 Å². The smallest absolute Gasteiger partial charge is 0.417 e. The fourth-order valence-electron chi connectivity index (χ4n) is 2.61. The number of nitro benzene ring substituents is 1. The number of rotatable bonds is 2. The summed E-state index contributed by atoms with van der Waals surface area (Å²) in [5.41, 5.74) is -2.16. The number of nitro groups is 1. The van der Waals surface area contributed by atoms with Crippen molar-refractivity contribution in [1.82, 2.24) is 4.98 Å². The Labute approximate surface area is 155 Å². The Bertz CT molecular complexity index is 1010. The van der Waals surface area contributed by atoms with Crippen LogP contribution in [0.4, 0.5) is 18.9 Å². The Hall–Kier alpha value is -2.58. The van der Waals surface area contributed by atoms with Crippen molar-refractivity contribution in [3.63, 3.8) is 0 Å². The van der Waals surface area contributed by atoms with Gasteiger partial charge >= 0.3 is 6.18 Å². The molecule has 0 atom stereocenters. The second-order valence-corrected chi connectivity index (χ2v) is 5.51. The van der Waals surface area contributed by atoms with E-state index in [1.54, 1.807) is 0 Å². The van der Waals surface area contributed by atoms with Crippen molar-refractivity contribution in [3.05, 3.63) is 63.3 Å². The van der Waals surface area contributed by atoms with Crippen LogP contribution in [0.3, 0.4) is 0 Å². The molecule has 0 saturated carbocycles. The molecule has 0 aliphatic heterocycles. The molecule has 1 N–H and O–H groups in total. The van der Waals surface area contributed by atoms with Gasteiger partial charge in [0.25, 0.3) is 5.69 Å². The lowest BCUT2D eigenvalue weighted by atomic mass is 9.97. The number of para-hydroxylation sites is 1. The fraction of sp³-hybridized carbons (Fsp3) is 0.0625. The highest BCUT2D eigenvalue weighted by Crippen LogP contribution is 2.46. The van der Waals surface area contributed by atoms with Crippen molar-refractivity contribution in [2.45, 2.75) is 6.18 Å². The summed E-state index contributed by atoms with van der Waals surface area (Å²) in [6.45, 7) is 0. The molecule has 0 aliphatic carbocycles. The summed E-state index contributed by atoms with van der Waals surface area (Å²) in [6.07, 6.45) is -3.83. The number of aromatic nitrogens is 1. The first-order valence-electron chi connectivity index (χ1n) is 6.83. The Kier molecular flexibility index (Phi) is 5.29. The predicted octanol–water partition coefficient (Wildman–Crippen LogP) is 5.61. The number of alkyl halides is 3. The van der Waals surface area contributed by atoms with Gasteiger partial charge in [0.15, 0.2) is 0 Å². The van der Waals surface area contributed by atoms with Gasteiger partial charge in [0.2, 0.25) is 0 Å². The Morgan fingerprint density at radius 2 is 1.85 bits per heavy atom. The van der Waals surface area contributed by atoms with Crippen LogP contribution in [0, 0.1) is 10.1 Å². The van der Waals surface area contributed by atoms with Crippen LogP contribution < -0.4 is 0 Å². The summed E-state index contributed by atoms with van der Waals surface area (Å²) in [5.74, 6) is -0.326. The second kappa shape index (κ2) is 6.97. The van der Waals surface area contributed by atoms with E-state index in [0.29, 0.717) is 0 Å². The van der Waals surface area contributed by atoms with Gasteiger partial charge in [-0.1, -0.05) is 29.8 Å². The molecule has 3 aromatic rings. The third-order valence-corrected chi connectivity index (χ3v) is 3.92. The molecule has 0 saturated heterocycles. The molecule has 26 heavy (non-hydrogen) atoms. The van der Waals surface area contributed by atoms with E-state index >= 15 is 0 Å². The number of nitrogens with zero attached hydrogens (tertiary/aromatic N) is 2. The Morgan fingerprint density at radius 1 is 1.19 bits per heavy atom. The molecule has 2 aromatic carbocycles. The number of aromatic hydroxyl groups is 1. The molecule has 0 spiro atoms. The maximum Gasteiger partial charge on any atom is 0.417 e. The van der Waals surface area contributed by atoms with Crippen molar-refractivity contribution in [1.29, 1.82) is 0 Å². The monoisotopic (exact) mass is 404 g/mol. The number of benzene rings is 2. The quantitative estimate of drug-likeness (QED) is 0.444. The summed E-state index contributed by atoms with van der Waals surface area (Å²) in [7, 11) is 0. The van der Waals surface area contributed by atoms with E-state index in [1.165, 1.54) is 24.3 Å². The van der Waals surface area contributed by atoms with Crippen LogP contribution in [0.5, 0.6) is 5.75 Å². The average molecular weight is 405 g/mol. The van der Waals surface area contributed by atoms with Gasteiger partial charge < -0.3 is 5.11 Å². The van der Waals surface area contributed by atoms with Crippen LogP contribution in [0.2, 0.25) is 5.02 Å². The van der Waals surface area contributed by atoms with Gasteiger partial charge in [-0.3, -0.25) is 15.1 Å². The summed E-state index contributed by atoms with van der Waals surface area (Å²) in [5, 5.41) is 20.5. The predicted molar refractivity (Wildman–Crippen MR) is 92.8 cm³/mol. The number of phenols is 1. The minimum absolute atomic E-state index is 0. The van der Waals surface area contributed by atoms with E-state index in [1.807, 2.05) is 0 Å². The number of hydrogen-bond donors (Lipinski definition) is 1. The lowest BCUT2D eigenvalue weighted by molar-refractivity contribution is -0.384. The van der Waals surface area contributed by atoms with E-state index in [0.717, 1.165) is 18.3 Å². The normalized spacial score (nSPS) is 11.2. The van der Waals surface area contributed by atoms with Crippen LogP contribution in [0.1, 0.15) is 5.56 Å². The molecule has 0 bridgehead atoms. The highest BCUT2D eigenvalue weighted by Gasteiger charge is 2.35. The van der Waals surface area contributed by atoms with Crippen LogP contribution in [-0.4, -0.2) is 15.0 Å². The lowest BCUT2D eigenvalue weighted by Crippen LogP contribution is -2.07. The van der Waals surface area contributed by atoms with Crippen LogP contribution in [0.15, 0.2) is 42.6 Å². The van der Waals surface area contributed by atoms with Crippen molar-refractivity contribution in [2.75, 3.05) is 0 Å². The number of hydrogen-bond acceptors (Lipinski definition) is 4. The van der Waals surface area contributed by atoms with Crippen LogP contribution in [-0.2, 0) is 6.18 Å². The molecule has 0 unspecified atom stereocenters. The minimum atomic E-state index is -4.73. The van der Waals surface area contributed by atoms with E-state index in [9.17, 15) is 28.4 Å². The maximum atomic E-state index is 13.3. The average Bonchev–Trinajstić information content (AvgIpc) is 2.54. The largest absolute Gasteiger partial charge is 0.507 e. The fourth-order valence-corrected chi connectivity index (χ4v) is 2.90. The zero-order valence-electron chi connectivity index (χ0n) is 12.6. The van der Waals surface area contributed by atoms with Crippen LogP contribution in [0.25, 0.3) is 22.0 Å². The molecule has 5 nitrogen and oxygen atoms in total. The maximum absolute atomic E-state index is 13.3. The third kappa shape index (κ3) is 3.25. The molecule has 10 heteroatoms. The van der Waals surface area contributed by atoms with E-state index in [-0.39, 0.29) is 34.8 Å². The SMILES string of the molecule is Cl.O=[N+]([O-])c1cc(Cl)c2c(C(F)(F)F)ccnc2c1-c1ccccc1O. The molecule has 1 heterocycles.